The number of unbranched alkanes of at least 4 members (excludes halogenated alkanes) is 3. The van der Waals surface area contributed by atoms with Gasteiger partial charge < -0.3 is 14.6 Å². The highest BCUT2D eigenvalue weighted by atomic mass is 79.9. The van der Waals surface area contributed by atoms with Crippen molar-refractivity contribution in [2.45, 2.75) is 69.6 Å². The summed E-state index contributed by atoms with van der Waals surface area (Å²) < 4.78 is 13.1. The van der Waals surface area contributed by atoms with Crippen LogP contribution in [0.2, 0.25) is 0 Å². The normalized spacial score (nSPS) is 29.0. The van der Waals surface area contributed by atoms with E-state index in [0.29, 0.717) is 6.42 Å². The lowest BCUT2D eigenvalue weighted by Crippen LogP contribution is -2.43. The molecule has 0 fully saturated rings. The molecule has 0 amide bonds. The molecule has 4 nitrogen and oxygen atoms in total. The summed E-state index contributed by atoms with van der Waals surface area (Å²) in [6.45, 7) is 5.39. The minimum Gasteiger partial charge on any atom is -0.493 e. The average Bonchev–Trinajstić information content (AvgIpc) is 2.89. The number of halogens is 1. The standard InChI is InChI=1S/C22H30BrNO3/c1-3-4-5-6-10-24-11-9-22-8-7-15(25)12-19(22)27-21-18(26-2)13-17(23)16(14-24)20(21)22/h7-8,13,15,19,25H,3-6,9-12,14H2,1-2H3/t15-,19?,22?/m0/s1. The van der Waals surface area contributed by atoms with E-state index in [-0.39, 0.29) is 11.5 Å². The molecule has 1 aromatic rings. The van der Waals surface area contributed by atoms with Gasteiger partial charge in [0.15, 0.2) is 11.5 Å². The molecular weight excluding hydrogens is 406 g/mol. The zero-order chi connectivity index (χ0) is 19.0. The lowest BCUT2D eigenvalue weighted by atomic mass is 9.69. The maximum absolute atomic E-state index is 10.2. The van der Waals surface area contributed by atoms with E-state index in [1.807, 2.05) is 12.1 Å². The predicted octanol–water partition coefficient (Wildman–Crippen LogP) is 4.56. The maximum atomic E-state index is 10.2. The van der Waals surface area contributed by atoms with Crippen LogP contribution in [0.4, 0.5) is 0 Å². The molecule has 3 atom stereocenters. The number of hydrogen-bond acceptors (Lipinski definition) is 4. The fourth-order valence-electron chi connectivity index (χ4n) is 4.97. The summed E-state index contributed by atoms with van der Waals surface area (Å²) in [7, 11) is 1.70. The molecule has 4 rings (SSSR count). The second-order valence-electron chi connectivity index (χ2n) is 8.14. The second-order valence-corrected chi connectivity index (χ2v) is 8.99. The van der Waals surface area contributed by atoms with Gasteiger partial charge in [-0.3, -0.25) is 4.90 Å². The van der Waals surface area contributed by atoms with Crippen molar-refractivity contribution in [3.05, 3.63) is 33.8 Å². The highest BCUT2D eigenvalue weighted by molar-refractivity contribution is 9.10. The summed E-state index contributed by atoms with van der Waals surface area (Å²) in [6, 6.07) is 2.04. The summed E-state index contributed by atoms with van der Waals surface area (Å²) >= 11 is 3.81. The molecular formula is C22H30BrNO3. The molecule has 0 bridgehead atoms. The first-order valence-electron chi connectivity index (χ1n) is 10.3. The molecule has 5 heteroatoms. The molecule has 148 valence electrons. The molecule has 1 aliphatic carbocycles. The number of aliphatic hydroxyl groups is 1. The molecule has 2 unspecified atom stereocenters. The molecule has 2 heterocycles. The van der Waals surface area contributed by atoms with Crippen molar-refractivity contribution in [2.24, 2.45) is 0 Å². The van der Waals surface area contributed by atoms with Crippen LogP contribution in [0.5, 0.6) is 11.5 Å². The number of benzene rings is 1. The molecule has 0 aromatic heterocycles. The van der Waals surface area contributed by atoms with Crippen LogP contribution in [0.1, 0.15) is 56.6 Å². The van der Waals surface area contributed by atoms with Crippen LogP contribution in [-0.2, 0) is 12.0 Å². The summed E-state index contributed by atoms with van der Waals surface area (Å²) in [6.07, 6.45) is 10.5. The van der Waals surface area contributed by atoms with E-state index in [0.717, 1.165) is 42.0 Å². The van der Waals surface area contributed by atoms with Crippen LogP contribution >= 0.6 is 15.9 Å². The van der Waals surface area contributed by atoms with Gasteiger partial charge in [0.25, 0.3) is 0 Å². The van der Waals surface area contributed by atoms with Crippen molar-refractivity contribution in [1.82, 2.24) is 4.90 Å². The van der Waals surface area contributed by atoms with Crippen molar-refractivity contribution in [3.8, 4) is 11.5 Å². The van der Waals surface area contributed by atoms with E-state index >= 15 is 0 Å². The first-order chi connectivity index (χ1) is 13.1. The van der Waals surface area contributed by atoms with Gasteiger partial charge in [-0.15, -0.1) is 0 Å². The topological polar surface area (TPSA) is 41.9 Å². The number of aliphatic hydroxyl groups excluding tert-OH is 1. The van der Waals surface area contributed by atoms with Crippen LogP contribution in [0, 0.1) is 0 Å². The van der Waals surface area contributed by atoms with Gasteiger partial charge in [0, 0.05) is 23.0 Å². The van der Waals surface area contributed by atoms with Crippen LogP contribution in [0.3, 0.4) is 0 Å². The fourth-order valence-corrected chi connectivity index (χ4v) is 5.50. The minimum absolute atomic E-state index is 0.0190. The van der Waals surface area contributed by atoms with Gasteiger partial charge in [-0.2, -0.15) is 0 Å². The molecule has 2 aliphatic heterocycles. The van der Waals surface area contributed by atoms with Crippen LogP contribution in [0.15, 0.2) is 22.7 Å². The number of hydrogen-bond donors (Lipinski definition) is 1. The van der Waals surface area contributed by atoms with Gasteiger partial charge in [-0.05, 0) is 37.6 Å². The Balaban J connectivity index is 1.72. The van der Waals surface area contributed by atoms with E-state index in [9.17, 15) is 5.11 Å². The van der Waals surface area contributed by atoms with Gasteiger partial charge in [0.05, 0.1) is 18.6 Å². The monoisotopic (exact) mass is 435 g/mol. The lowest BCUT2D eigenvalue weighted by molar-refractivity contribution is 0.0809. The molecule has 1 spiro atoms. The number of methoxy groups -OCH3 is 1. The van der Waals surface area contributed by atoms with Gasteiger partial charge in [-0.1, -0.05) is 54.3 Å². The molecule has 27 heavy (non-hydrogen) atoms. The van der Waals surface area contributed by atoms with Gasteiger partial charge in [-0.25, -0.2) is 0 Å². The Morgan fingerprint density at radius 1 is 1.37 bits per heavy atom. The second kappa shape index (κ2) is 7.76. The highest BCUT2D eigenvalue weighted by Gasteiger charge is 2.53. The van der Waals surface area contributed by atoms with Crippen molar-refractivity contribution >= 4 is 15.9 Å². The van der Waals surface area contributed by atoms with E-state index in [1.165, 1.54) is 36.8 Å². The smallest absolute Gasteiger partial charge is 0.166 e. The maximum Gasteiger partial charge on any atom is 0.166 e. The zero-order valence-electron chi connectivity index (χ0n) is 16.3. The van der Waals surface area contributed by atoms with Gasteiger partial charge in [0.1, 0.15) is 6.10 Å². The Bertz CT molecular complexity index is 735. The third-order valence-corrected chi connectivity index (χ3v) is 7.15. The molecule has 0 saturated heterocycles. The summed E-state index contributed by atoms with van der Waals surface area (Å²) in [5.41, 5.74) is 2.44. The summed E-state index contributed by atoms with van der Waals surface area (Å²) in [5.74, 6) is 1.67. The third kappa shape index (κ3) is 3.32. The Morgan fingerprint density at radius 3 is 3.00 bits per heavy atom. The van der Waals surface area contributed by atoms with E-state index < -0.39 is 6.10 Å². The Morgan fingerprint density at radius 2 is 2.22 bits per heavy atom. The number of ether oxygens (including phenoxy) is 2. The van der Waals surface area contributed by atoms with Crippen molar-refractivity contribution in [1.29, 1.82) is 0 Å². The van der Waals surface area contributed by atoms with Crippen molar-refractivity contribution in [3.63, 3.8) is 0 Å². The summed E-state index contributed by atoms with van der Waals surface area (Å²) in [5, 5.41) is 10.2. The van der Waals surface area contributed by atoms with Gasteiger partial charge in [0.2, 0.25) is 0 Å². The molecule has 3 aliphatic rings. The summed E-state index contributed by atoms with van der Waals surface area (Å²) in [4.78, 5) is 2.59. The first kappa shape index (κ1) is 19.3. The lowest BCUT2D eigenvalue weighted by Gasteiger charge is -2.36. The zero-order valence-corrected chi connectivity index (χ0v) is 17.9. The SMILES string of the molecule is CCCCCCN1CCC23C=C[C@H](O)CC2Oc2c(OC)cc(Br)c(c23)C1. The van der Waals surface area contributed by atoms with Crippen LogP contribution < -0.4 is 9.47 Å². The van der Waals surface area contributed by atoms with Gasteiger partial charge >= 0.3 is 0 Å². The Hall–Kier alpha value is -1.04. The Kier molecular flexibility index (Phi) is 5.55. The van der Waals surface area contributed by atoms with Crippen molar-refractivity contribution in [2.75, 3.05) is 20.2 Å². The van der Waals surface area contributed by atoms with Crippen molar-refractivity contribution < 1.29 is 14.6 Å². The van der Waals surface area contributed by atoms with Crippen LogP contribution in [0.25, 0.3) is 0 Å². The molecule has 1 N–H and O–H groups in total. The van der Waals surface area contributed by atoms with Crippen LogP contribution in [-0.4, -0.2) is 42.4 Å². The third-order valence-electron chi connectivity index (χ3n) is 6.44. The highest BCUT2D eigenvalue weighted by Crippen LogP contribution is 2.57. The molecule has 0 saturated carbocycles. The van der Waals surface area contributed by atoms with E-state index in [1.54, 1.807) is 7.11 Å². The predicted molar refractivity (Wildman–Crippen MR) is 111 cm³/mol. The minimum atomic E-state index is -0.429. The first-order valence-corrected chi connectivity index (χ1v) is 11.0. The quantitative estimate of drug-likeness (QED) is 0.524. The van der Waals surface area contributed by atoms with E-state index in [2.05, 4.69) is 33.8 Å². The fraction of sp³-hybridized carbons (Fsp3) is 0.636. The van der Waals surface area contributed by atoms with E-state index in [4.69, 9.17) is 9.47 Å². The number of rotatable bonds is 6. The Labute approximate surface area is 170 Å². The molecule has 1 aromatic carbocycles. The largest absolute Gasteiger partial charge is 0.493 e. The number of nitrogens with zero attached hydrogens (tertiary/aromatic N) is 1. The molecule has 0 radical (unpaired) electrons. The average molecular weight is 436 g/mol.